The molecule has 0 bridgehead atoms. The van der Waals surface area contributed by atoms with Crippen molar-refractivity contribution < 1.29 is 18.7 Å². The molecule has 4 nitrogen and oxygen atoms in total. The minimum Gasteiger partial charge on any atom is -0.473 e. The molecule has 0 amide bonds. The van der Waals surface area contributed by atoms with Crippen molar-refractivity contribution in [2.75, 3.05) is 6.61 Å². The van der Waals surface area contributed by atoms with Crippen LogP contribution in [0.3, 0.4) is 0 Å². The van der Waals surface area contributed by atoms with Gasteiger partial charge in [-0.25, -0.2) is 9.37 Å². The van der Waals surface area contributed by atoms with E-state index in [1.807, 2.05) is 30.5 Å². The fourth-order valence-electron chi connectivity index (χ4n) is 5.82. The number of halogens is 1. The van der Waals surface area contributed by atoms with Gasteiger partial charge in [0.05, 0.1) is 6.61 Å². The quantitative estimate of drug-likeness (QED) is 0.541. The van der Waals surface area contributed by atoms with E-state index >= 15 is 0 Å². The lowest BCUT2D eigenvalue weighted by molar-refractivity contribution is -0.118. The van der Waals surface area contributed by atoms with Crippen LogP contribution in [-0.2, 0) is 29.0 Å². The average Bonchev–Trinajstić information content (AvgIpc) is 3.40. The Morgan fingerprint density at radius 1 is 1.15 bits per heavy atom. The molecule has 0 radical (unpaired) electrons. The third-order valence-electron chi connectivity index (χ3n) is 7.55. The van der Waals surface area contributed by atoms with Crippen molar-refractivity contribution in [1.29, 1.82) is 0 Å². The maximum atomic E-state index is 14.9. The van der Waals surface area contributed by atoms with Gasteiger partial charge in [0.2, 0.25) is 5.88 Å². The number of carbonyl (C=O) groups is 1. The lowest BCUT2D eigenvalue weighted by Gasteiger charge is -2.28. The van der Waals surface area contributed by atoms with Gasteiger partial charge in [0.1, 0.15) is 24.3 Å². The zero-order valence-corrected chi connectivity index (χ0v) is 18.8. The number of fused-ring (bicyclic) bond motifs is 4. The van der Waals surface area contributed by atoms with E-state index in [1.54, 1.807) is 13.0 Å². The number of carbonyl (C=O) groups excluding carboxylic acids is 1. The molecule has 2 aromatic carbocycles. The number of pyridine rings is 1. The van der Waals surface area contributed by atoms with Crippen LogP contribution in [0.15, 0.2) is 48.7 Å². The highest BCUT2D eigenvalue weighted by Crippen LogP contribution is 2.61. The monoisotopic (exact) mass is 443 g/mol. The highest BCUT2D eigenvalue weighted by atomic mass is 19.1. The average molecular weight is 444 g/mol. The van der Waals surface area contributed by atoms with E-state index in [4.69, 9.17) is 9.47 Å². The number of ether oxygens (including phenoxy) is 2. The second kappa shape index (κ2) is 7.77. The summed E-state index contributed by atoms with van der Waals surface area (Å²) in [5, 5.41) is 0. The van der Waals surface area contributed by atoms with Crippen LogP contribution in [0.25, 0.3) is 0 Å². The van der Waals surface area contributed by atoms with Gasteiger partial charge < -0.3 is 9.47 Å². The Kier molecular flexibility index (Phi) is 4.84. The lowest BCUT2D eigenvalue weighted by atomic mass is 9.89. The standard InChI is InChI=1S/C28H26FNO3/c1-15-5-3-4-6-20(15)28-21-10-19(24(29)11-17(21)7-8-32-28)14-33-25-12-18-9-22-26(16(2)31)27(22)23(18)13-30-25/h3-6,10-13,22,26-28H,7-9,14H2,1-2H3/t22-,26-,27+,28?/m0/s1. The molecule has 1 aromatic heterocycles. The van der Waals surface area contributed by atoms with E-state index in [2.05, 4.69) is 24.0 Å². The second-order valence-corrected chi connectivity index (χ2v) is 9.54. The van der Waals surface area contributed by atoms with Crippen molar-refractivity contribution in [3.8, 4) is 5.88 Å². The summed E-state index contributed by atoms with van der Waals surface area (Å²) in [5.41, 5.74) is 7.14. The van der Waals surface area contributed by atoms with Crippen LogP contribution in [0.1, 0.15) is 57.9 Å². The smallest absolute Gasteiger partial charge is 0.213 e. The Hall–Kier alpha value is -3.05. The fourth-order valence-corrected chi connectivity index (χ4v) is 5.82. The summed E-state index contributed by atoms with van der Waals surface area (Å²) in [6.45, 7) is 4.43. The minimum absolute atomic E-state index is 0.105. The molecule has 5 heteroatoms. The molecule has 3 aromatic rings. The van der Waals surface area contributed by atoms with E-state index < -0.39 is 0 Å². The van der Waals surface area contributed by atoms with E-state index in [9.17, 15) is 9.18 Å². The SMILES string of the molecule is CC(=O)[C@H]1[C@@H]2Cc3cc(OCc4cc5c(cc4F)CCOC5c4ccccc4C)ncc3[C@@H]21. The maximum Gasteiger partial charge on any atom is 0.213 e. The van der Waals surface area contributed by atoms with Crippen molar-refractivity contribution >= 4 is 5.78 Å². The zero-order valence-electron chi connectivity index (χ0n) is 18.8. The molecular formula is C28H26FNO3. The highest BCUT2D eigenvalue weighted by Gasteiger charge is 2.58. The molecule has 1 unspecified atom stereocenters. The first kappa shape index (κ1) is 20.5. The topological polar surface area (TPSA) is 48.4 Å². The van der Waals surface area contributed by atoms with Gasteiger partial charge >= 0.3 is 0 Å². The van der Waals surface area contributed by atoms with E-state index in [-0.39, 0.29) is 30.2 Å². The van der Waals surface area contributed by atoms with Crippen LogP contribution < -0.4 is 4.74 Å². The van der Waals surface area contributed by atoms with Crippen molar-refractivity contribution in [2.45, 2.75) is 45.3 Å². The highest BCUT2D eigenvalue weighted by molar-refractivity contribution is 5.84. The van der Waals surface area contributed by atoms with Gasteiger partial charge in [-0.2, -0.15) is 0 Å². The van der Waals surface area contributed by atoms with Crippen LogP contribution >= 0.6 is 0 Å². The Labute approximate surface area is 192 Å². The van der Waals surface area contributed by atoms with Crippen LogP contribution in [0, 0.1) is 24.6 Å². The molecule has 168 valence electrons. The van der Waals surface area contributed by atoms with Crippen LogP contribution in [0.4, 0.5) is 4.39 Å². The van der Waals surface area contributed by atoms with E-state index in [0.717, 1.165) is 28.7 Å². The van der Waals surface area contributed by atoms with Crippen molar-refractivity contribution in [3.05, 3.63) is 93.4 Å². The Morgan fingerprint density at radius 2 is 2.00 bits per heavy atom. The normalized spacial score (nSPS) is 24.6. The molecule has 1 fully saturated rings. The number of hydrogen-bond acceptors (Lipinski definition) is 4. The van der Waals surface area contributed by atoms with Crippen molar-refractivity contribution in [3.63, 3.8) is 0 Å². The third kappa shape index (κ3) is 3.46. The number of nitrogens with zero attached hydrogens (tertiary/aromatic N) is 1. The van der Waals surface area contributed by atoms with Crippen molar-refractivity contribution in [1.82, 2.24) is 4.98 Å². The summed E-state index contributed by atoms with van der Waals surface area (Å²) in [6.07, 6.45) is 3.23. The van der Waals surface area contributed by atoms with Gasteiger partial charge in [0.25, 0.3) is 0 Å². The first-order valence-electron chi connectivity index (χ1n) is 11.6. The third-order valence-corrected chi connectivity index (χ3v) is 7.55. The molecule has 2 aliphatic carbocycles. The van der Waals surface area contributed by atoms with Gasteiger partial charge in [-0.15, -0.1) is 0 Å². The number of hydrogen-bond donors (Lipinski definition) is 0. The summed E-state index contributed by atoms with van der Waals surface area (Å²) in [7, 11) is 0. The lowest BCUT2D eigenvalue weighted by Crippen LogP contribution is -2.19. The molecule has 6 rings (SSSR count). The predicted octanol–water partition coefficient (Wildman–Crippen LogP) is 5.24. The van der Waals surface area contributed by atoms with Crippen LogP contribution in [0.5, 0.6) is 5.88 Å². The van der Waals surface area contributed by atoms with E-state index in [1.165, 1.54) is 11.1 Å². The number of ketones is 1. The van der Waals surface area contributed by atoms with Crippen LogP contribution in [-0.4, -0.2) is 17.4 Å². The first-order chi connectivity index (χ1) is 16.0. The number of rotatable bonds is 5. The Balaban J connectivity index is 1.23. The van der Waals surface area contributed by atoms with Gasteiger partial charge in [0, 0.05) is 23.7 Å². The Bertz CT molecular complexity index is 1270. The van der Waals surface area contributed by atoms with Gasteiger partial charge in [-0.05, 0) is 84.0 Å². The molecule has 0 saturated heterocycles. The molecule has 0 N–H and O–H groups in total. The molecule has 0 spiro atoms. The largest absolute Gasteiger partial charge is 0.473 e. The fraction of sp³-hybridized carbons (Fsp3) is 0.357. The second-order valence-electron chi connectivity index (χ2n) is 9.54. The summed E-state index contributed by atoms with van der Waals surface area (Å²) >= 11 is 0. The van der Waals surface area contributed by atoms with Gasteiger partial charge in [0.15, 0.2) is 0 Å². The number of aromatic nitrogens is 1. The van der Waals surface area contributed by atoms with E-state index in [0.29, 0.717) is 36.3 Å². The molecule has 3 aliphatic rings. The molecule has 1 saturated carbocycles. The number of aryl methyl sites for hydroxylation is 1. The molecular weight excluding hydrogens is 417 g/mol. The number of Topliss-reactive ketones (excluding diaryl/α,β-unsaturated/α-hetero) is 1. The first-order valence-corrected chi connectivity index (χ1v) is 11.6. The molecule has 1 aliphatic heterocycles. The minimum atomic E-state index is -0.258. The van der Waals surface area contributed by atoms with Gasteiger partial charge in [-0.3, -0.25) is 4.79 Å². The zero-order chi connectivity index (χ0) is 22.7. The Morgan fingerprint density at radius 3 is 2.82 bits per heavy atom. The summed E-state index contributed by atoms with van der Waals surface area (Å²) in [6, 6.07) is 13.6. The van der Waals surface area contributed by atoms with Crippen LogP contribution in [0.2, 0.25) is 0 Å². The summed E-state index contributed by atoms with van der Waals surface area (Å²) < 4.78 is 26.9. The van der Waals surface area contributed by atoms with Gasteiger partial charge in [-0.1, -0.05) is 24.3 Å². The number of benzene rings is 2. The summed E-state index contributed by atoms with van der Waals surface area (Å²) in [5.74, 6) is 1.43. The van der Waals surface area contributed by atoms with Crippen molar-refractivity contribution in [2.24, 2.45) is 11.8 Å². The predicted molar refractivity (Wildman–Crippen MR) is 122 cm³/mol. The molecule has 2 heterocycles. The molecule has 33 heavy (non-hydrogen) atoms. The summed E-state index contributed by atoms with van der Waals surface area (Å²) in [4.78, 5) is 16.2. The molecule has 4 atom stereocenters. The maximum absolute atomic E-state index is 14.9.